The van der Waals surface area contributed by atoms with Gasteiger partial charge in [-0.15, -0.1) is 5.10 Å². The molecule has 0 saturated heterocycles. The zero-order chi connectivity index (χ0) is 18.8. The molecule has 0 radical (unpaired) electrons. The van der Waals surface area contributed by atoms with Gasteiger partial charge < -0.3 is 15.2 Å². The maximum atomic E-state index is 12.3. The van der Waals surface area contributed by atoms with Crippen LogP contribution in [0.5, 0.6) is 5.75 Å². The second-order valence-corrected chi connectivity index (χ2v) is 5.93. The number of benzene rings is 1. The van der Waals surface area contributed by atoms with Crippen molar-refractivity contribution in [3.8, 4) is 11.4 Å². The van der Waals surface area contributed by atoms with Crippen molar-refractivity contribution in [2.24, 2.45) is 5.92 Å². The van der Waals surface area contributed by atoms with Crippen LogP contribution in [0.2, 0.25) is 0 Å². The van der Waals surface area contributed by atoms with Gasteiger partial charge in [-0.3, -0.25) is 4.79 Å². The Bertz CT molecular complexity index is 818. The Morgan fingerprint density at radius 1 is 1.31 bits per heavy atom. The Labute approximate surface area is 146 Å². The minimum Gasteiger partial charge on any atom is -0.480 e. The largest absolute Gasteiger partial charge is 0.480 e. The van der Waals surface area contributed by atoms with Crippen LogP contribution in [0.1, 0.15) is 29.0 Å². The third-order valence-corrected chi connectivity index (χ3v) is 4.06. The third-order valence-electron chi connectivity index (χ3n) is 4.06. The molecular weight excluding hydrogens is 350 g/mol. The van der Waals surface area contributed by atoms with E-state index < -0.39 is 24.5 Å². The van der Waals surface area contributed by atoms with E-state index in [1.165, 1.54) is 28.9 Å². The quantitative estimate of drug-likeness (QED) is 0.774. The average Bonchev–Trinajstić information content (AvgIpc) is 3.34. The number of carboxylic acid groups (broad SMARTS) is 1. The van der Waals surface area contributed by atoms with E-state index in [4.69, 9.17) is 0 Å². The number of aliphatic carboxylic acids is 1. The zero-order valence-corrected chi connectivity index (χ0v) is 13.7. The zero-order valence-electron chi connectivity index (χ0n) is 13.7. The number of amides is 1. The van der Waals surface area contributed by atoms with Gasteiger partial charge >= 0.3 is 12.6 Å². The molecule has 26 heavy (non-hydrogen) atoms. The number of rotatable bonds is 7. The minimum atomic E-state index is -2.92. The lowest BCUT2D eigenvalue weighted by Crippen LogP contribution is -2.42. The van der Waals surface area contributed by atoms with Gasteiger partial charge in [0, 0.05) is 0 Å². The Morgan fingerprint density at radius 2 is 1.96 bits per heavy atom. The standard InChI is InChI=1S/C16H16F2N4O4/c1-8-12(14(23)19-13(15(24)25)9-2-3-9)20-21-22(8)10-4-6-11(7-5-10)26-16(17)18/h4-7,9,13,16H,2-3H2,1H3,(H,19,23)(H,24,25). The molecule has 2 N–H and O–H groups in total. The van der Waals surface area contributed by atoms with E-state index in [0.29, 0.717) is 11.4 Å². The van der Waals surface area contributed by atoms with Gasteiger partial charge in [0.15, 0.2) is 5.69 Å². The lowest BCUT2D eigenvalue weighted by atomic mass is 10.2. The van der Waals surface area contributed by atoms with Gasteiger partial charge in [-0.2, -0.15) is 8.78 Å². The summed E-state index contributed by atoms with van der Waals surface area (Å²) in [7, 11) is 0. The van der Waals surface area contributed by atoms with Gasteiger partial charge in [-0.05, 0) is 49.9 Å². The molecule has 1 amide bonds. The van der Waals surface area contributed by atoms with E-state index in [9.17, 15) is 23.5 Å². The van der Waals surface area contributed by atoms with Crippen LogP contribution in [-0.2, 0) is 4.79 Å². The molecule has 1 aliphatic carbocycles. The number of aromatic nitrogens is 3. The smallest absolute Gasteiger partial charge is 0.387 e. The van der Waals surface area contributed by atoms with E-state index >= 15 is 0 Å². The van der Waals surface area contributed by atoms with Gasteiger partial charge in [0.1, 0.15) is 11.8 Å². The monoisotopic (exact) mass is 366 g/mol. The maximum Gasteiger partial charge on any atom is 0.387 e. The van der Waals surface area contributed by atoms with E-state index in [-0.39, 0.29) is 17.4 Å². The summed E-state index contributed by atoms with van der Waals surface area (Å²) in [6, 6.07) is 4.72. The number of carboxylic acids is 1. The Kier molecular flexibility index (Phi) is 4.83. The Morgan fingerprint density at radius 3 is 2.50 bits per heavy atom. The van der Waals surface area contributed by atoms with Crippen LogP contribution in [0.25, 0.3) is 5.69 Å². The summed E-state index contributed by atoms with van der Waals surface area (Å²) in [6.07, 6.45) is 1.52. The summed E-state index contributed by atoms with van der Waals surface area (Å²) in [5.74, 6) is -1.77. The van der Waals surface area contributed by atoms with Crippen molar-refractivity contribution in [1.29, 1.82) is 0 Å². The molecule has 8 nitrogen and oxygen atoms in total. The number of nitrogens with zero attached hydrogens (tertiary/aromatic N) is 3. The predicted molar refractivity (Wildman–Crippen MR) is 84.3 cm³/mol. The van der Waals surface area contributed by atoms with Crippen LogP contribution in [0.15, 0.2) is 24.3 Å². The van der Waals surface area contributed by atoms with Crippen LogP contribution in [0.4, 0.5) is 8.78 Å². The van der Waals surface area contributed by atoms with Gasteiger partial charge in [0.05, 0.1) is 11.4 Å². The minimum absolute atomic E-state index is 0.00445. The first kappa shape index (κ1) is 17.8. The number of hydrogen-bond donors (Lipinski definition) is 2. The molecule has 0 bridgehead atoms. The van der Waals surface area contributed by atoms with Crippen molar-refractivity contribution in [2.75, 3.05) is 0 Å². The predicted octanol–water partition coefficient (Wildman–Crippen LogP) is 1.77. The van der Waals surface area contributed by atoms with Crippen LogP contribution < -0.4 is 10.1 Å². The fraction of sp³-hybridized carbons (Fsp3) is 0.375. The Balaban J connectivity index is 1.76. The highest BCUT2D eigenvalue weighted by Gasteiger charge is 2.38. The summed E-state index contributed by atoms with van der Waals surface area (Å²) in [5, 5.41) is 19.4. The van der Waals surface area contributed by atoms with Crippen molar-refractivity contribution in [3.63, 3.8) is 0 Å². The molecule has 1 unspecified atom stereocenters. The van der Waals surface area contributed by atoms with E-state index in [1.54, 1.807) is 6.92 Å². The normalized spacial score (nSPS) is 14.9. The summed E-state index contributed by atoms with van der Waals surface area (Å²) < 4.78 is 30.0. The Hall–Kier alpha value is -3.04. The fourth-order valence-corrected chi connectivity index (χ4v) is 2.57. The summed E-state index contributed by atoms with van der Waals surface area (Å²) in [5.41, 5.74) is 0.891. The molecule has 0 aliphatic heterocycles. The number of ether oxygens (including phenoxy) is 1. The summed E-state index contributed by atoms with van der Waals surface area (Å²) in [4.78, 5) is 23.6. The maximum absolute atomic E-state index is 12.3. The van der Waals surface area contributed by atoms with E-state index in [0.717, 1.165) is 12.8 Å². The molecule has 2 aromatic rings. The number of hydrogen-bond acceptors (Lipinski definition) is 5. The molecule has 1 fully saturated rings. The number of nitrogens with one attached hydrogen (secondary N) is 1. The van der Waals surface area contributed by atoms with Crippen molar-refractivity contribution in [2.45, 2.75) is 32.4 Å². The third kappa shape index (κ3) is 3.79. The van der Waals surface area contributed by atoms with E-state index in [1.807, 2.05) is 0 Å². The summed E-state index contributed by atoms with van der Waals surface area (Å²) >= 11 is 0. The number of carbonyl (C=O) groups is 2. The van der Waals surface area contributed by atoms with Crippen molar-refractivity contribution in [3.05, 3.63) is 35.7 Å². The second kappa shape index (κ2) is 7.06. The number of carbonyl (C=O) groups excluding carboxylic acids is 1. The van der Waals surface area contributed by atoms with Crippen LogP contribution in [0, 0.1) is 12.8 Å². The molecular formula is C16H16F2N4O4. The molecule has 1 aromatic carbocycles. The average molecular weight is 366 g/mol. The van der Waals surface area contributed by atoms with E-state index in [2.05, 4.69) is 20.4 Å². The number of alkyl halides is 2. The molecule has 1 saturated carbocycles. The number of halogens is 2. The second-order valence-electron chi connectivity index (χ2n) is 5.93. The van der Waals surface area contributed by atoms with Gasteiger partial charge in [-0.1, -0.05) is 5.21 Å². The highest BCUT2D eigenvalue weighted by Crippen LogP contribution is 2.33. The topological polar surface area (TPSA) is 106 Å². The summed E-state index contributed by atoms with van der Waals surface area (Å²) in [6.45, 7) is -1.32. The first-order chi connectivity index (χ1) is 12.4. The molecule has 10 heteroatoms. The molecule has 138 valence electrons. The molecule has 1 aliphatic rings. The molecule has 1 atom stereocenters. The highest BCUT2D eigenvalue weighted by molar-refractivity contribution is 5.96. The van der Waals surface area contributed by atoms with Gasteiger partial charge in [0.2, 0.25) is 0 Å². The first-order valence-electron chi connectivity index (χ1n) is 7.88. The lowest BCUT2D eigenvalue weighted by Gasteiger charge is -2.12. The van der Waals surface area contributed by atoms with Crippen molar-refractivity contribution >= 4 is 11.9 Å². The van der Waals surface area contributed by atoms with Crippen LogP contribution >= 0.6 is 0 Å². The van der Waals surface area contributed by atoms with Crippen molar-refractivity contribution < 1.29 is 28.2 Å². The van der Waals surface area contributed by atoms with Gasteiger partial charge in [-0.25, -0.2) is 9.48 Å². The van der Waals surface area contributed by atoms with Crippen molar-refractivity contribution in [1.82, 2.24) is 20.3 Å². The SMILES string of the molecule is Cc1c(C(=O)NC(C(=O)O)C2CC2)nnn1-c1ccc(OC(F)F)cc1. The molecule has 3 rings (SSSR count). The molecule has 1 aromatic heterocycles. The van der Waals surface area contributed by atoms with Gasteiger partial charge in [0.25, 0.3) is 5.91 Å². The fourth-order valence-electron chi connectivity index (χ4n) is 2.57. The molecule has 1 heterocycles. The molecule has 0 spiro atoms. The highest BCUT2D eigenvalue weighted by atomic mass is 19.3. The lowest BCUT2D eigenvalue weighted by molar-refractivity contribution is -0.139. The first-order valence-corrected chi connectivity index (χ1v) is 7.88. The van der Waals surface area contributed by atoms with Crippen LogP contribution in [0.3, 0.4) is 0 Å². The van der Waals surface area contributed by atoms with Crippen LogP contribution in [-0.4, -0.2) is 44.6 Å².